The van der Waals surface area contributed by atoms with Gasteiger partial charge in [0.05, 0.1) is 18.7 Å². The summed E-state index contributed by atoms with van der Waals surface area (Å²) in [6, 6.07) is 22.8. The number of anilines is 1. The lowest BCUT2D eigenvalue weighted by atomic mass is 9.98. The number of piperidine rings is 1. The van der Waals surface area contributed by atoms with E-state index in [1.807, 2.05) is 36.4 Å². The molecule has 1 aromatic heterocycles. The molecule has 3 aliphatic heterocycles. The lowest BCUT2D eigenvalue weighted by Crippen LogP contribution is -2.58. The molecule has 236 valence electrons. The molecule has 6 bridgehead atoms. The van der Waals surface area contributed by atoms with Gasteiger partial charge in [-0.3, -0.25) is 14.4 Å². The Labute approximate surface area is 266 Å². The van der Waals surface area contributed by atoms with Crippen LogP contribution in [0, 0.1) is 0 Å². The summed E-state index contributed by atoms with van der Waals surface area (Å²) < 4.78 is 17.8. The number of aromatic nitrogens is 1. The quantitative estimate of drug-likeness (QED) is 0.314. The van der Waals surface area contributed by atoms with Crippen LogP contribution in [-0.2, 0) is 11.3 Å². The fourth-order valence-electron chi connectivity index (χ4n) is 5.68. The highest BCUT2D eigenvalue weighted by Crippen LogP contribution is 2.33. The Bertz CT molecular complexity index is 1740. The van der Waals surface area contributed by atoms with E-state index >= 15 is 0 Å². The number of fused-ring (bicyclic) bond motifs is 7. The lowest BCUT2D eigenvalue weighted by Gasteiger charge is -2.39. The number of ether oxygens (including phenoxy) is 3. The van der Waals surface area contributed by atoms with Gasteiger partial charge in [-0.1, -0.05) is 24.3 Å². The van der Waals surface area contributed by atoms with Crippen LogP contribution in [0.2, 0.25) is 0 Å². The van der Waals surface area contributed by atoms with Crippen LogP contribution in [0.1, 0.15) is 32.7 Å². The van der Waals surface area contributed by atoms with Crippen LogP contribution >= 0.6 is 0 Å². The van der Waals surface area contributed by atoms with Gasteiger partial charge in [-0.15, -0.1) is 0 Å². The van der Waals surface area contributed by atoms with E-state index in [4.69, 9.17) is 14.2 Å². The van der Waals surface area contributed by atoms with E-state index in [2.05, 4.69) is 20.9 Å². The third kappa shape index (κ3) is 6.73. The summed E-state index contributed by atoms with van der Waals surface area (Å²) in [6.45, 7) is 0.849. The summed E-state index contributed by atoms with van der Waals surface area (Å²) in [5.41, 5.74) is 3.20. The first-order valence-electron chi connectivity index (χ1n) is 15.1. The number of rotatable bonds is 3. The average molecular weight is 622 g/mol. The molecular weight excluding hydrogens is 586 g/mol. The summed E-state index contributed by atoms with van der Waals surface area (Å²) in [5, 5.41) is 9.02. The van der Waals surface area contributed by atoms with Crippen molar-refractivity contribution in [3.63, 3.8) is 0 Å². The highest BCUT2D eigenvalue weighted by atomic mass is 16.5. The molecule has 0 aliphatic carbocycles. The van der Waals surface area contributed by atoms with Crippen molar-refractivity contribution in [2.75, 3.05) is 39.2 Å². The molecule has 0 spiro atoms. The summed E-state index contributed by atoms with van der Waals surface area (Å²) in [4.78, 5) is 46.0. The van der Waals surface area contributed by atoms with Gasteiger partial charge in [0.25, 0.3) is 17.7 Å². The molecule has 7 rings (SSSR count). The number of carbonyl (C=O) groups excluding carboxylic acids is 3. The molecule has 11 nitrogen and oxygen atoms in total. The fourth-order valence-corrected chi connectivity index (χ4v) is 5.68. The number of hydrogen-bond acceptors (Lipinski definition) is 8. The topological polar surface area (TPSA) is 131 Å². The van der Waals surface area contributed by atoms with Crippen LogP contribution in [0.25, 0.3) is 11.1 Å². The number of amides is 3. The molecule has 2 atom stereocenters. The van der Waals surface area contributed by atoms with Crippen molar-refractivity contribution in [1.82, 2.24) is 20.5 Å². The maximum absolute atomic E-state index is 13.8. The monoisotopic (exact) mass is 621 g/mol. The minimum absolute atomic E-state index is 0.149. The van der Waals surface area contributed by atoms with E-state index in [0.29, 0.717) is 59.3 Å². The molecule has 3 N–H and O–H groups in total. The van der Waals surface area contributed by atoms with Crippen LogP contribution in [-0.4, -0.2) is 73.6 Å². The second-order valence-corrected chi connectivity index (χ2v) is 11.1. The standard InChI is InChI=1S/C35H35N5O6/c1-36-33-27(7-4-15-37-33)35(43)40-16-14-31-29(20-40)39-34(42)24-10-13-30(44-2)28(18-24)23-5-3-6-26(17-23)45-21-32(41)38-19-22-8-11-25(46-31)12-9-22/h3-13,15,17-18,29,31H,14,16,19-21H2,1-2H3,(H,36,37)(H,38,41)(H,39,42)/t29-,31-/m1/s1. The van der Waals surface area contributed by atoms with Gasteiger partial charge in [0, 0.05) is 50.4 Å². The van der Waals surface area contributed by atoms with Crippen molar-refractivity contribution in [2.24, 2.45) is 0 Å². The molecule has 4 aromatic rings. The number of nitrogens with zero attached hydrogens (tertiary/aromatic N) is 2. The van der Waals surface area contributed by atoms with E-state index in [1.165, 1.54) is 0 Å². The van der Waals surface area contributed by atoms with Crippen LogP contribution in [0.4, 0.5) is 5.82 Å². The molecule has 3 aromatic carbocycles. The predicted molar refractivity (Wildman–Crippen MR) is 172 cm³/mol. The molecule has 1 saturated heterocycles. The molecule has 4 heterocycles. The minimum Gasteiger partial charge on any atom is -0.496 e. The summed E-state index contributed by atoms with van der Waals surface area (Å²) >= 11 is 0. The second-order valence-electron chi connectivity index (χ2n) is 11.1. The Kier molecular flexibility index (Phi) is 9.00. The van der Waals surface area contributed by atoms with E-state index in [9.17, 15) is 14.4 Å². The normalized spacial score (nSPS) is 18.2. The number of methoxy groups -OCH3 is 1. The van der Waals surface area contributed by atoms with Crippen molar-refractivity contribution in [3.8, 4) is 28.4 Å². The number of carbonyl (C=O) groups is 3. The Morgan fingerprint density at radius 2 is 1.85 bits per heavy atom. The Hall–Kier alpha value is -5.58. The third-order valence-electron chi connectivity index (χ3n) is 8.11. The fraction of sp³-hybridized carbons (Fsp3) is 0.257. The zero-order chi connectivity index (χ0) is 32.0. The summed E-state index contributed by atoms with van der Waals surface area (Å²) in [7, 11) is 3.29. The van der Waals surface area contributed by atoms with E-state index in [1.54, 1.807) is 67.7 Å². The molecule has 3 aliphatic rings. The molecule has 1 fully saturated rings. The number of likely N-dealkylation sites (tertiary alicyclic amines) is 1. The Balaban J connectivity index is 1.34. The zero-order valence-electron chi connectivity index (χ0n) is 25.6. The van der Waals surface area contributed by atoms with Crippen LogP contribution in [0.3, 0.4) is 0 Å². The molecular formula is C35H35N5O6. The van der Waals surface area contributed by atoms with Crippen molar-refractivity contribution in [3.05, 3.63) is 102 Å². The second kappa shape index (κ2) is 13.6. The number of benzene rings is 3. The molecule has 3 amide bonds. The maximum Gasteiger partial charge on any atom is 0.258 e. The van der Waals surface area contributed by atoms with E-state index in [-0.39, 0.29) is 30.9 Å². The summed E-state index contributed by atoms with van der Waals surface area (Å²) in [6.07, 6.45) is 1.71. The Morgan fingerprint density at radius 3 is 2.65 bits per heavy atom. The molecule has 0 radical (unpaired) electrons. The highest BCUT2D eigenvalue weighted by molar-refractivity contribution is 5.99. The lowest BCUT2D eigenvalue weighted by molar-refractivity contribution is -0.123. The van der Waals surface area contributed by atoms with Gasteiger partial charge >= 0.3 is 0 Å². The molecule has 0 unspecified atom stereocenters. The van der Waals surface area contributed by atoms with Crippen LogP contribution < -0.4 is 30.2 Å². The first-order valence-corrected chi connectivity index (χ1v) is 15.1. The first kappa shape index (κ1) is 30.4. The van der Waals surface area contributed by atoms with Crippen LogP contribution in [0.15, 0.2) is 85.1 Å². The van der Waals surface area contributed by atoms with Gasteiger partial charge in [-0.25, -0.2) is 4.98 Å². The van der Waals surface area contributed by atoms with Gasteiger partial charge in [0.15, 0.2) is 6.61 Å². The van der Waals surface area contributed by atoms with Gasteiger partial charge in [0.1, 0.15) is 29.2 Å². The van der Waals surface area contributed by atoms with Crippen molar-refractivity contribution in [2.45, 2.75) is 25.1 Å². The smallest absolute Gasteiger partial charge is 0.258 e. The van der Waals surface area contributed by atoms with Crippen LogP contribution in [0.5, 0.6) is 17.2 Å². The highest BCUT2D eigenvalue weighted by Gasteiger charge is 2.35. The SMILES string of the molecule is CNc1ncccc1C(=O)N1CC[C@H]2Oc3ccc(cc3)CNC(=O)COc3cccc(c3)-c3cc(ccc3OC)C(=O)N[C@@H]2C1. The number of nitrogens with one attached hydrogen (secondary N) is 3. The third-order valence-corrected chi connectivity index (χ3v) is 8.11. The summed E-state index contributed by atoms with van der Waals surface area (Å²) in [5.74, 6) is 1.43. The van der Waals surface area contributed by atoms with Gasteiger partial charge in [0.2, 0.25) is 0 Å². The number of pyridine rings is 1. The van der Waals surface area contributed by atoms with Gasteiger partial charge in [-0.05, 0) is 65.7 Å². The van der Waals surface area contributed by atoms with Gasteiger partial charge < -0.3 is 35.1 Å². The van der Waals surface area contributed by atoms with Crippen molar-refractivity contribution in [1.29, 1.82) is 0 Å². The van der Waals surface area contributed by atoms with Gasteiger partial charge in [-0.2, -0.15) is 0 Å². The van der Waals surface area contributed by atoms with E-state index < -0.39 is 12.1 Å². The van der Waals surface area contributed by atoms with E-state index in [0.717, 1.165) is 11.1 Å². The predicted octanol–water partition coefficient (Wildman–Crippen LogP) is 3.90. The molecule has 11 heteroatoms. The Morgan fingerprint density at radius 1 is 1.00 bits per heavy atom. The first-order chi connectivity index (χ1) is 22.4. The minimum atomic E-state index is -0.522. The zero-order valence-corrected chi connectivity index (χ0v) is 25.6. The number of hydrogen-bond donors (Lipinski definition) is 3. The average Bonchev–Trinajstić information content (AvgIpc) is 3.10. The maximum atomic E-state index is 13.8. The largest absolute Gasteiger partial charge is 0.496 e. The van der Waals surface area contributed by atoms with Crippen molar-refractivity contribution < 1.29 is 28.6 Å². The molecule has 0 saturated carbocycles. The molecule has 46 heavy (non-hydrogen) atoms. The van der Waals surface area contributed by atoms with Crippen molar-refractivity contribution >= 4 is 23.5 Å².